The molecule has 0 atom stereocenters. The average Bonchev–Trinajstić information content (AvgIpc) is 2.97. The number of hydrogen-bond acceptors (Lipinski definition) is 4. The normalized spacial score (nSPS) is 17.2. The van der Waals surface area contributed by atoms with Crippen molar-refractivity contribution < 1.29 is 4.79 Å². The van der Waals surface area contributed by atoms with Gasteiger partial charge >= 0.3 is 0 Å². The fourth-order valence-electron chi connectivity index (χ4n) is 2.51. The lowest BCUT2D eigenvalue weighted by molar-refractivity contribution is -0.115. The lowest BCUT2D eigenvalue weighted by Crippen LogP contribution is -2.19. The molecule has 26 heavy (non-hydrogen) atoms. The van der Waals surface area contributed by atoms with Crippen molar-refractivity contribution in [3.8, 4) is 0 Å². The third kappa shape index (κ3) is 3.46. The van der Waals surface area contributed by atoms with E-state index >= 15 is 0 Å². The highest BCUT2D eigenvalue weighted by molar-refractivity contribution is 8.18. The Kier molecular flexibility index (Phi) is 4.68. The summed E-state index contributed by atoms with van der Waals surface area (Å²) in [6, 6.07) is 14.9. The monoisotopic (exact) mass is 399 g/mol. The molecule has 1 aliphatic rings. The Hall–Kier alpha value is -2.34. The molecule has 7 heteroatoms. The van der Waals surface area contributed by atoms with Crippen molar-refractivity contribution in [1.29, 1.82) is 0 Å². The van der Waals surface area contributed by atoms with Gasteiger partial charge in [-0.15, -0.1) is 0 Å². The predicted octanol–water partition coefficient (Wildman–Crippen LogP) is 5.43. The second-order valence-corrected chi connectivity index (χ2v) is 7.35. The van der Waals surface area contributed by atoms with Crippen molar-refractivity contribution in [2.75, 3.05) is 0 Å². The second kappa shape index (κ2) is 7.11. The highest BCUT2D eigenvalue weighted by Crippen LogP contribution is 2.35. The molecule has 2 aromatic carbocycles. The maximum Gasteiger partial charge on any atom is 0.264 e. The molecule has 1 N–H and O–H groups in total. The van der Waals surface area contributed by atoms with Crippen molar-refractivity contribution in [3.05, 3.63) is 75.2 Å². The molecule has 4 rings (SSSR count). The zero-order chi connectivity index (χ0) is 18.1. The van der Waals surface area contributed by atoms with Crippen LogP contribution in [0.2, 0.25) is 10.0 Å². The van der Waals surface area contributed by atoms with E-state index in [1.54, 1.807) is 24.4 Å². The van der Waals surface area contributed by atoms with Crippen LogP contribution in [-0.2, 0) is 4.79 Å². The van der Waals surface area contributed by atoms with Gasteiger partial charge in [0.2, 0.25) is 0 Å². The summed E-state index contributed by atoms with van der Waals surface area (Å²) in [5, 5.41) is 5.06. The van der Waals surface area contributed by atoms with Crippen molar-refractivity contribution >= 4 is 68.7 Å². The number of pyridine rings is 1. The smallest absolute Gasteiger partial charge is 0.264 e. The van der Waals surface area contributed by atoms with Crippen LogP contribution in [-0.4, -0.2) is 16.1 Å². The Bertz CT molecular complexity index is 1070. The number of aromatic nitrogens is 1. The van der Waals surface area contributed by atoms with Crippen LogP contribution in [0.25, 0.3) is 17.0 Å². The van der Waals surface area contributed by atoms with E-state index in [2.05, 4.69) is 15.3 Å². The van der Waals surface area contributed by atoms with Crippen molar-refractivity contribution in [1.82, 2.24) is 10.3 Å². The van der Waals surface area contributed by atoms with Crippen LogP contribution in [0, 0.1) is 0 Å². The summed E-state index contributed by atoms with van der Waals surface area (Å²) in [6.45, 7) is 0. The molecule has 0 aliphatic carbocycles. The zero-order valence-corrected chi connectivity index (χ0v) is 15.6. The van der Waals surface area contributed by atoms with E-state index in [0.29, 0.717) is 25.8 Å². The van der Waals surface area contributed by atoms with Gasteiger partial charge in [0, 0.05) is 11.6 Å². The van der Waals surface area contributed by atoms with E-state index in [4.69, 9.17) is 23.2 Å². The summed E-state index contributed by atoms with van der Waals surface area (Å²) >= 11 is 13.5. The molecule has 4 nitrogen and oxygen atoms in total. The van der Waals surface area contributed by atoms with E-state index in [1.165, 1.54) is 11.8 Å². The van der Waals surface area contributed by atoms with E-state index in [1.807, 2.05) is 36.4 Å². The van der Waals surface area contributed by atoms with E-state index in [9.17, 15) is 4.79 Å². The number of aliphatic imine (C=N–C) groups is 1. The standard InChI is InChI=1S/C19H11Cl2N3OS/c20-13-4-1-5-14(21)17(13)23-19-24-18(25)16(26-19)10-11-6-7-15-12(9-11)3-2-8-22-15/h1-10H,(H,23,24,25). The van der Waals surface area contributed by atoms with E-state index < -0.39 is 0 Å². The van der Waals surface area contributed by atoms with Gasteiger partial charge in [0.05, 0.1) is 20.5 Å². The molecule has 0 unspecified atom stereocenters. The largest absolute Gasteiger partial charge is 0.300 e. The number of carbonyl (C=O) groups is 1. The van der Waals surface area contributed by atoms with Crippen molar-refractivity contribution in [3.63, 3.8) is 0 Å². The second-order valence-electron chi connectivity index (χ2n) is 5.51. The molecule has 0 spiro atoms. The van der Waals surface area contributed by atoms with Crippen LogP contribution in [0.3, 0.4) is 0 Å². The van der Waals surface area contributed by atoms with E-state index in [0.717, 1.165) is 16.5 Å². The van der Waals surface area contributed by atoms with Gasteiger partial charge in [-0.2, -0.15) is 0 Å². The third-order valence-electron chi connectivity index (χ3n) is 3.73. The highest BCUT2D eigenvalue weighted by atomic mass is 35.5. The number of nitrogens with one attached hydrogen (secondary N) is 1. The van der Waals surface area contributed by atoms with Crippen LogP contribution in [0.4, 0.5) is 5.69 Å². The first-order valence-corrected chi connectivity index (χ1v) is 9.26. The molecule has 0 bridgehead atoms. The zero-order valence-electron chi connectivity index (χ0n) is 13.2. The number of nitrogens with zero attached hydrogens (tertiary/aromatic N) is 2. The fourth-order valence-corrected chi connectivity index (χ4v) is 3.82. The Balaban J connectivity index is 1.65. The van der Waals surface area contributed by atoms with Crippen LogP contribution >= 0.6 is 35.0 Å². The number of hydrogen-bond donors (Lipinski definition) is 1. The molecule has 2 heterocycles. The summed E-state index contributed by atoms with van der Waals surface area (Å²) in [5.41, 5.74) is 2.27. The summed E-state index contributed by atoms with van der Waals surface area (Å²) in [4.78, 5) is 21.5. The van der Waals surface area contributed by atoms with Crippen LogP contribution in [0.5, 0.6) is 0 Å². The highest BCUT2D eigenvalue weighted by Gasteiger charge is 2.24. The number of halogens is 2. The van der Waals surface area contributed by atoms with Crippen molar-refractivity contribution in [2.24, 2.45) is 4.99 Å². The lowest BCUT2D eigenvalue weighted by Gasteiger charge is -2.01. The maximum absolute atomic E-state index is 12.3. The number of amidine groups is 1. The quantitative estimate of drug-likeness (QED) is 0.584. The summed E-state index contributed by atoms with van der Waals surface area (Å²) < 4.78 is 0. The van der Waals surface area contributed by atoms with Gasteiger partial charge in [0.15, 0.2) is 5.17 Å². The molecule has 0 saturated carbocycles. The van der Waals surface area contributed by atoms with Crippen LogP contribution in [0.15, 0.2) is 64.6 Å². The number of benzene rings is 2. The Morgan fingerprint density at radius 3 is 2.69 bits per heavy atom. The predicted molar refractivity (Wildman–Crippen MR) is 109 cm³/mol. The van der Waals surface area contributed by atoms with Gasteiger partial charge in [-0.25, -0.2) is 4.99 Å². The first kappa shape index (κ1) is 17.1. The number of carbonyl (C=O) groups excluding carboxylic acids is 1. The number of amides is 1. The minimum Gasteiger partial charge on any atom is -0.300 e. The minimum absolute atomic E-state index is 0.205. The molecular weight excluding hydrogens is 389 g/mol. The first-order valence-electron chi connectivity index (χ1n) is 7.68. The van der Waals surface area contributed by atoms with Crippen LogP contribution in [0.1, 0.15) is 5.56 Å². The maximum atomic E-state index is 12.3. The summed E-state index contributed by atoms with van der Waals surface area (Å²) in [5.74, 6) is -0.205. The third-order valence-corrected chi connectivity index (χ3v) is 5.25. The topological polar surface area (TPSA) is 54.4 Å². The molecule has 1 saturated heterocycles. The van der Waals surface area contributed by atoms with Gasteiger partial charge in [-0.05, 0) is 53.7 Å². The molecular formula is C19H11Cl2N3OS. The molecule has 1 aromatic heterocycles. The van der Waals surface area contributed by atoms with Gasteiger partial charge in [0.25, 0.3) is 5.91 Å². The van der Waals surface area contributed by atoms with Crippen molar-refractivity contribution in [2.45, 2.75) is 0 Å². The summed E-state index contributed by atoms with van der Waals surface area (Å²) in [6.07, 6.45) is 3.58. The molecule has 1 aliphatic heterocycles. The lowest BCUT2D eigenvalue weighted by atomic mass is 10.1. The van der Waals surface area contributed by atoms with Gasteiger partial charge in [-0.3, -0.25) is 9.78 Å². The Labute approximate surface area is 163 Å². The Morgan fingerprint density at radius 2 is 1.88 bits per heavy atom. The van der Waals surface area contributed by atoms with Gasteiger partial charge < -0.3 is 5.32 Å². The average molecular weight is 400 g/mol. The molecule has 3 aromatic rings. The Morgan fingerprint density at radius 1 is 1.08 bits per heavy atom. The fraction of sp³-hybridized carbons (Fsp3) is 0. The van der Waals surface area contributed by atoms with E-state index in [-0.39, 0.29) is 5.91 Å². The number of rotatable bonds is 2. The minimum atomic E-state index is -0.205. The van der Waals surface area contributed by atoms with Gasteiger partial charge in [0.1, 0.15) is 5.69 Å². The molecule has 0 radical (unpaired) electrons. The molecule has 1 fully saturated rings. The number of fused-ring (bicyclic) bond motifs is 1. The SMILES string of the molecule is O=C1NC(=Nc2c(Cl)cccc2Cl)SC1=Cc1ccc2ncccc2c1. The number of para-hydroxylation sites is 1. The molecule has 1 amide bonds. The van der Waals surface area contributed by atoms with Crippen LogP contribution < -0.4 is 5.32 Å². The molecule has 128 valence electrons. The first-order chi connectivity index (χ1) is 12.6. The van der Waals surface area contributed by atoms with Gasteiger partial charge in [-0.1, -0.05) is 41.4 Å². The summed E-state index contributed by atoms with van der Waals surface area (Å²) in [7, 11) is 0. The number of thioether (sulfide) groups is 1.